The van der Waals surface area contributed by atoms with Gasteiger partial charge in [-0.15, -0.1) is 0 Å². The predicted octanol–water partition coefficient (Wildman–Crippen LogP) is 3.66. The van der Waals surface area contributed by atoms with E-state index in [9.17, 15) is 14.3 Å². The summed E-state index contributed by atoms with van der Waals surface area (Å²) in [5, 5.41) is 11.0. The van der Waals surface area contributed by atoms with Gasteiger partial charge >= 0.3 is 5.97 Å². The molecule has 3 rings (SSSR count). The lowest BCUT2D eigenvalue weighted by Crippen LogP contribution is -2.07. The first-order valence-corrected chi connectivity index (χ1v) is 6.49. The number of halogens is 1. The van der Waals surface area contributed by atoms with E-state index in [0.29, 0.717) is 12.0 Å². The first kappa shape index (κ1) is 13.2. The van der Waals surface area contributed by atoms with Gasteiger partial charge in [-0.25, -0.2) is 14.2 Å². The number of pyridine rings is 1. The lowest BCUT2D eigenvalue weighted by atomic mass is 9.97. The van der Waals surface area contributed by atoms with Crippen molar-refractivity contribution < 1.29 is 14.3 Å². The molecule has 0 aliphatic carbocycles. The van der Waals surface area contributed by atoms with Gasteiger partial charge in [0.05, 0.1) is 0 Å². The Labute approximate surface area is 120 Å². The topological polar surface area (TPSA) is 50.2 Å². The van der Waals surface area contributed by atoms with Gasteiger partial charge in [0.1, 0.15) is 5.82 Å². The monoisotopic (exact) mass is 281 g/mol. The molecule has 0 saturated carbocycles. The average Bonchev–Trinajstić information content (AvgIpc) is 2.47. The summed E-state index contributed by atoms with van der Waals surface area (Å²) in [6, 6.07) is 13.6. The number of carboxylic acids is 1. The first-order valence-electron chi connectivity index (χ1n) is 6.49. The number of aromatic carboxylic acids is 1. The maximum atomic E-state index is 13.3. The number of aromatic nitrogens is 1. The second kappa shape index (κ2) is 5.32. The van der Waals surface area contributed by atoms with Crippen molar-refractivity contribution in [3.05, 3.63) is 77.4 Å². The van der Waals surface area contributed by atoms with E-state index in [0.717, 1.165) is 16.3 Å². The van der Waals surface area contributed by atoms with Gasteiger partial charge in [0.25, 0.3) is 0 Å². The van der Waals surface area contributed by atoms with Gasteiger partial charge in [0.15, 0.2) is 5.69 Å². The average molecular weight is 281 g/mol. The van der Waals surface area contributed by atoms with Crippen molar-refractivity contribution in [3.63, 3.8) is 0 Å². The molecule has 1 aromatic heterocycles. The summed E-state index contributed by atoms with van der Waals surface area (Å²) in [5.41, 5.74) is 1.33. The van der Waals surface area contributed by atoms with Crippen LogP contribution in [0.15, 0.2) is 54.7 Å². The Morgan fingerprint density at radius 3 is 2.71 bits per heavy atom. The molecule has 21 heavy (non-hydrogen) atoms. The highest BCUT2D eigenvalue weighted by molar-refractivity contribution is 5.95. The molecule has 4 heteroatoms. The van der Waals surface area contributed by atoms with Crippen LogP contribution in [0.4, 0.5) is 4.39 Å². The Balaban J connectivity index is 2.18. The van der Waals surface area contributed by atoms with Crippen molar-refractivity contribution >= 4 is 16.7 Å². The lowest BCUT2D eigenvalue weighted by molar-refractivity contribution is 0.0689. The van der Waals surface area contributed by atoms with Crippen molar-refractivity contribution in [2.45, 2.75) is 6.42 Å². The molecular formula is C17H12FNO2. The minimum atomic E-state index is -1.08. The summed E-state index contributed by atoms with van der Waals surface area (Å²) in [6.45, 7) is 0. The van der Waals surface area contributed by atoms with Crippen LogP contribution < -0.4 is 0 Å². The van der Waals surface area contributed by atoms with Crippen molar-refractivity contribution in [1.82, 2.24) is 4.98 Å². The molecule has 1 N–H and O–H groups in total. The fourth-order valence-electron chi connectivity index (χ4n) is 2.44. The number of carbonyl (C=O) groups is 1. The summed E-state index contributed by atoms with van der Waals surface area (Å²) in [5.74, 6) is -1.41. The molecule has 3 nitrogen and oxygen atoms in total. The molecule has 0 amide bonds. The number of hydrogen-bond donors (Lipinski definition) is 1. The van der Waals surface area contributed by atoms with Crippen LogP contribution in [0.2, 0.25) is 0 Å². The van der Waals surface area contributed by atoms with Crippen LogP contribution in [0.5, 0.6) is 0 Å². The summed E-state index contributed by atoms with van der Waals surface area (Å²) in [4.78, 5) is 15.4. The van der Waals surface area contributed by atoms with Crippen LogP contribution in [0.25, 0.3) is 10.8 Å². The van der Waals surface area contributed by atoms with E-state index in [4.69, 9.17) is 0 Å². The second-order valence-corrected chi connectivity index (χ2v) is 4.78. The molecule has 0 spiro atoms. The van der Waals surface area contributed by atoms with Crippen molar-refractivity contribution in [3.8, 4) is 0 Å². The molecule has 1 heterocycles. The van der Waals surface area contributed by atoms with Crippen LogP contribution >= 0.6 is 0 Å². The van der Waals surface area contributed by atoms with E-state index in [1.165, 1.54) is 12.1 Å². The Morgan fingerprint density at radius 2 is 1.95 bits per heavy atom. The molecule has 0 atom stereocenters. The van der Waals surface area contributed by atoms with Gasteiger partial charge in [0.2, 0.25) is 0 Å². The molecule has 0 fully saturated rings. The maximum absolute atomic E-state index is 13.3. The van der Waals surface area contributed by atoms with Gasteiger partial charge in [-0.3, -0.25) is 0 Å². The molecule has 0 saturated heterocycles. The zero-order valence-electron chi connectivity index (χ0n) is 11.1. The molecule has 0 bridgehead atoms. The third-order valence-electron chi connectivity index (χ3n) is 3.38. The third-order valence-corrected chi connectivity index (χ3v) is 3.38. The Hall–Kier alpha value is -2.75. The molecule has 0 radical (unpaired) electrons. The zero-order valence-corrected chi connectivity index (χ0v) is 11.1. The number of benzene rings is 2. The molecule has 0 aliphatic rings. The summed E-state index contributed by atoms with van der Waals surface area (Å²) < 4.78 is 13.3. The van der Waals surface area contributed by atoms with E-state index >= 15 is 0 Å². The smallest absolute Gasteiger partial charge is 0.354 e. The first-order chi connectivity index (χ1) is 10.1. The minimum Gasteiger partial charge on any atom is -0.477 e. The van der Waals surface area contributed by atoms with Crippen LogP contribution in [0, 0.1) is 5.82 Å². The lowest BCUT2D eigenvalue weighted by Gasteiger charge is -2.10. The highest BCUT2D eigenvalue weighted by atomic mass is 19.1. The number of hydrogen-bond acceptors (Lipinski definition) is 2. The molecule has 2 aromatic carbocycles. The molecular weight excluding hydrogens is 269 g/mol. The highest BCUT2D eigenvalue weighted by Gasteiger charge is 2.15. The Morgan fingerprint density at radius 1 is 1.14 bits per heavy atom. The van der Waals surface area contributed by atoms with Gasteiger partial charge in [-0.1, -0.05) is 36.4 Å². The SMILES string of the molecule is O=C(O)c1ncc2ccccc2c1Cc1cccc(F)c1. The van der Waals surface area contributed by atoms with Gasteiger partial charge in [0, 0.05) is 18.0 Å². The van der Waals surface area contributed by atoms with Crippen LogP contribution in [-0.4, -0.2) is 16.1 Å². The second-order valence-electron chi connectivity index (χ2n) is 4.78. The molecule has 104 valence electrons. The van der Waals surface area contributed by atoms with E-state index in [-0.39, 0.29) is 11.5 Å². The Bertz CT molecular complexity index is 830. The van der Waals surface area contributed by atoms with E-state index in [1.54, 1.807) is 18.3 Å². The standard InChI is InChI=1S/C17H12FNO2/c18-13-6-3-4-11(8-13)9-15-14-7-2-1-5-12(14)10-19-16(15)17(20)21/h1-8,10H,9H2,(H,20,21). The van der Waals surface area contributed by atoms with E-state index in [1.807, 2.05) is 24.3 Å². The van der Waals surface area contributed by atoms with Crippen LogP contribution in [0.3, 0.4) is 0 Å². The normalized spacial score (nSPS) is 10.7. The van der Waals surface area contributed by atoms with Crippen molar-refractivity contribution in [2.75, 3.05) is 0 Å². The van der Waals surface area contributed by atoms with Gasteiger partial charge in [-0.05, 0) is 28.6 Å². The fourth-order valence-corrected chi connectivity index (χ4v) is 2.44. The van der Waals surface area contributed by atoms with Crippen molar-refractivity contribution in [2.24, 2.45) is 0 Å². The number of nitrogens with zero attached hydrogens (tertiary/aromatic N) is 1. The van der Waals surface area contributed by atoms with Crippen LogP contribution in [0.1, 0.15) is 21.6 Å². The molecule has 0 aliphatic heterocycles. The predicted molar refractivity (Wildman–Crippen MR) is 77.9 cm³/mol. The third kappa shape index (κ3) is 2.60. The molecule has 0 unspecified atom stereocenters. The fraction of sp³-hybridized carbons (Fsp3) is 0.0588. The van der Waals surface area contributed by atoms with E-state index < -0.39 is 5.97 Å². The maximum Gasteiger partial charge on any atom is 0.354 e. The highest BCUT2D eigenvalue weighted by Crippen LogP contribution is 2.23. The quantitative estimate of drug-likeness (QED) is 0.797. The summed E-state index contributed by atoms with van der Waals surface area (Å²) in [6.07, 6.45) is 1.88. The van der Waals surface area contributed by atoms with E-state index in [2.05, 4.69) is 4.98 Å². The van der Waals surface area contributed by atoms with Gasteiger partial charge < -0.3 is 5.11 Å². The number of fused-ring (bicyclic) bond motifs is 1. The summed E-state index contributed by atoms with van der Waals surface area (Å²) >= 11 is 0. The Kier molecular flexibility index (Phi) is 3.36. The van der Waals surface area contributed by atoms with Crippen molar-refractivity contribution in [1.29, 1.82) is 0 Å². The minimum absolute atomic E-state index is 0.0120. The van der Waals surface area contributed by atoms with Crippen LogP contribution in [-0.2, 0) is 6.42 Å². The van der Waals surface area contributed by atoms with Gasteiger partial charge in [-0.2, -0.15) is 0 Å². The largest absolute Gasteiger partial charge is 0.477 e. The molecule has 3 aromatic rings. The zero-order chi connectivity index (χ0) is 14.8. The summed E-state index contributed by atoms with van der Waals surface area (Å²) in [7, 11) is 0. The number of rotatable bonds is 3. The number of carboxylic acid groups (broad SMARTS) is 1.